The smallest absolute Gasteiger partial charge is 0.240 e. The van der Waals surface area contributed by atoms with Crippen molar-refractivity contribution >= 4 is 17.5 Å². The Morgan fingerprint density at radius 1 is 1.22 bits per heavy atom. The third-order valence-electron chi connectivity index (χ3n) is 4.06. The second-order valence-electron chi connectivity index (χ2n) is 5.71. The van der Waals surface area contributed by atoms with Gasteiger partial charge in [0.1, 0.15) is 5.41 Å². The first-order valence-electron chi connectivity index (χ1n) is 7.64. The molecule has 1 heterocycles. The monoisotopic (exact) mass is 320 g/mol. The number of amides is 2. The largest absolute Gasteiger partial charge is 0.454 e. The van der Waals surface area contributed by atoms with Crippen molar-refractivity contribution in [3.8, 4) is 11.5 Å². The van der Waals surface area contributed by atoms with Gasteiger partial charge in [-0.3, -0.25) is 9.59 Å². The highest BCUT2D eigenvalue weighted by molar-refractivity contribution is 6.13. The molecular formula is C16H20N2O5. The molecule has 1 aromatic carbocycles. The van der Waals surface area contributed by atoms with E-state index < -0.39 is 5.41 Å². The van der Waals surface area contributed by atoms with Crippen molar-refractivity contribution in [1.29, 1.82) is 0 Å². The van der Waals surface area contributed by atoms with Crippen molar-refractivity contribution in [3.63, 3.8) is 0 Å². The number of ether oxygens (including phenoxy) is 3. The van der Waals surface area contributed by atoms with Crippen LogP contribution in [0.1, 0.15) is 19.3 Å². The molecule has 2 amide bonds. The van der Waals surface area contributed by atoms with E-state index in [1.807, 2.05) is 0 Å². The van der Waals surface area contributed by atoms with Crippen LogP contribution in [0.5, 0.6) is 11.5 Å². The van der Waals surface area contributed by atoms with Crippen LogP contribution in [0.15, 0.2) is 18.2 Å². The summed E-state index contributed by atoms with van der Waals surface area (Å²) in [6.07, 6.45) is 1.86. The molecule has 124 valence electrons. The molecule has 2 N–H and O–H groups in total. The zero-order valence-electron chi connectivity index (χ0n) is 13.0. The van der Waals surface area contributed by atoms with Crippen molar-refractivity contribution in [2.24, 2.45) is 5.41 Å². The lowest BCUT2D eigenvalue weighted by Gasteiger charge is -2.15. The first kappa shape index (κ1) is 15.6. The Bertz CT molecular complexity index is 612. The third kappa shape index (κ3) is 3.24. The maximum atomic E-state index is 12.5. The lowest BCUT2D eigenvalue weighted by atomic mass is 10.0. The summed E-state index contributed by atoms with van der Waals surface area (Å²) in [6.45, 7) is 1.27. The molecule has 0 bridgehead atoms. The molecule has 3 rings (SSSR count). The van der Waals surface area contributed by atoms with E-state index in [1.165, 1.54) is 0 Å². The van der Waals surface area contributed by atoms with Crippen LogP contribution in [-0.4, -0.2) is 38.9 Å². The Kier molecular flexibility index (Phi) is 4.38. The van der Waals surface area contributed by atoms with E-state index in [-0.39, 0.29) is 18.6 Å². The van der Waals surface area contributed by atoms with Crippen molar-refractivity contribution < 1.29 is 23.8 Å². The molecule has 0 atom stereocenters. The molecule has 1 fully saturated rings. The molecule has 1 aromatic rings. The number of benzene rings is 1. The van der Waals surface area contributed by atoms with Crippen molar-refractivity contribution in [3.05, 3.63) is 18.2 Å². The summed E-state index contributed by atoms with van der Waals surface area (Å²) < 4.78 is 15.4. The van der Waals surface area contributed by atoms with E-state index in [1.54, 1.807) is 25.3 Å². The van der Waals surface area contributed by atoms with Gasteiger partial charge in [-0.25, -0.2) is 0 Å². The maximum absolute atomic E-state index is 12.5. The number of hydrogen-bond donors (Lipinski definition) is 2. The molecule has 0 spiro atoms. The fourth-order valence-electron chi connectivity index (χ4n) is 2.49. The van der Waals surface area contributed by atoms with Gasteiger partial charge in [-0.1, -0.05) is 0 Å². The summed E-state index contributed by atoms with van der Waals surface area (Å²) in [7, 11) is 1.61. The SMILES string of the molecule is COCCCNC(=O)C1(C(=O)Nc2ccc3c(c2)OCO3)CC1. The highest BCUT2D eigenvalue weighted by atomic mass is 16.7. The van der Waals surface area contributed by atoms with Crippen molar-refractivity contribution in [2.45, 2.75) is 19.3 Å². The van der Waals surface area contributed by atoms with Crippen LogP contribution in [-0.2, 0) is 14.3 Å². The van der Waals surface area contributed by atoms with Crippen LogP contribution >= 0.6 is 0 Å². The second kappa shape index (κ2) is 6.45. The minimum Gasteiger partial charge on any atom is -0.454 e. The Labute approximate surface area is 134 Å². The van der Waals surface area contributed by atoms with Gasteiger partial charge in [0, 0.05) is 32.0 Å². The van der Waals surface area contributed by atoms with Gasteiger partial charge in [0.2, 0.25) is 18.6 Å². The van der Waals surface area contributed by atoms with E-state index in [4.69, 9.17) is 14.2 Å². The van der Waals surface area contributed by atoms with Gasteiger partial charge in [-0.05, 0) is 31.4 Å². The third-order valence-corrected chi connectivity index (χ3v) is 4.06. The van der Waals surface area contributed by atoms with E-state index in [9.17, 15) is 9.59 Å². The van der Waals surface area contributed by atoms with E-state index >= 15 is 0 Å². The Morgan fingerprint density at radius 2 is 2.00 bits per heavy atom. The number of fused-ring (bicyclic) bond motifs is 1. The minimum absolute atomic E-state index is 0.181. The Morgan fingerprint density at radius 3 is 2.74 bits per heavy atom. The average Bonchev–Trinajstić information content (AvgIpc) is 3.24. The fourth-order valence-corrected chi connectivity index (χ4v) is 2.49. The fraction of sp³-hybridized carbons (Fsp3) is 0.500. The predicted octanol–water partition coefficient (Wildman–Crippen LogP) is 1.29. The topological polar surface area (TPSA) is 85.9 Å². The van der Waals surface area contributed by atoms with Crippen molar-refractivity contribution in [1.82, 2.24) is 5.32 Å². The molecule has 2 aliphatic rings. The lowest BCUT2D eigenvalue weighted by Crippen LogP contribution is -2.40. The first-order valence-corrected chi connectivity index (χ1v) is 7.64. The molecule has 0 unspecified atom stereocenters. The number of hydrogen-bond acceptors (Lipinski definition) is 5. The minimum atomic E-state index is -0.941. The molecule has 1 saturated carbocycles. The van der Waals surface area contributed by atoms with E-state index in [0.29, 0.717) is 43.2 Å². The number of rotatable bonds is 7. The summed E-state index contributed by atoms with van der Waals surface area (Å²) >= 11 is 0. The van der Waals surface area contributed by atoms with Crippen LogP contribution in [0.3, 0.4) is 0 Å². The summed E-state index contributed by atoms with van der Waals surface area (Å²) in [6, 6.07) is 5.17. The summed E-state index contributed by atoms with van der Waals surface area (Å²) in [4.78, 5) is 24.7. The number of carbonyl (C=O) groups is 2. The highest BCUT2D eigenvalue weighted by Gasteiger charge is 2.56. The molecule has 7 nitrogen and oxygen atoms in total. The molecule has 23 heavy (non-hydrogen) atoms. The summed E-state index contributed by atoms with van der Waals surface area (Å²) in [5.41, 5.74) is -0.346. The molecule has 1 aliphatic carbocycles. The summed E-state index contributed by atoms with van der Waals surface area (Å²) in [5, 5.41) is 5.60. The first-order chi connectivity index (χ1) is 11.2. The van der Waals surface area contributed by atoms with Gasteiger partial charge in [0.15, 0.2) is 11.5 Å². The molecule has 7 heteroatoms. The van der Waals surface area contributed by atoms with Crippen LogP contribution in [0.25, 0.3) is 0 Å². The Hall–Kier alpha value is -2.28. The van der Waals surface area contributed by atoms with Crippen molar-refractivity contribution in [2.75, 3.05) is 32.4 Å². The van der Waals surface area contributed by atoms with Crippen LogP contribution in [0.2, 0.25) is 0 Å². The number of methoxy groups -OCH3 is 1. The number of carbonyl (C=O) groups excluding carboxylic acids is 2. The standard InChI is InChI=1S/C16H20N2O5/c1-21-8-2-7-17-14(19)16(5-6-16)15(20)18-11-3-4-12-13(9-11)23-10-22-12/h3-4,9H,2,5-8,10H2,1H3,(H,17,19)(H,18,20). The van der Waals surface area contributed by atoms with Crippen LogP contribution in [0, 0.1) is 5.41 Å². The van der Waals surface area contributed by atoms with Crippen LogP contribution < -0.4 is 20.1 Å². The molecular weight excluding hydrogens is 300 g/mol. The van der Waals surface area contributed by atoms with Gasteiger partial charge in [0.05, 0.1) is 0 Å². The molecule has 1 aliphatic heterocycles. The molecule has 0 aromatic heterocycles. The van der Waals surface area contributed by atoms with E-state index in [0.717, 1.165) is 6.42 Å². The normalized spacial score (nSPS) is 16.7. The van der Waals surface area contributed by atoms with Gasteiger partial charge in [-0.2, -0.15) is 0 Å². The quantitative estimate of drug-likeness (QED) is 0.584. The highest BCUT2D eigenvalue weighted by Crippen LogP contribution is 2.47. The summed E-state index contributed by atoms with van der Waals surface area (Å²) in [5.74, 6) is 0.754. The predicted molar refractivity (Wildman–Crippen MR) is 82.4 cm³/mol. The molecule has 0 saturated heterocycles. The van der Waals surface area contributed by atoms with Gasteiger partial charge < -0.3 is 24.8 Å². The van der Waals surface area contributed by atoms with Gasteiger partial charge in [-0.15, -0.1) is 0 Å². The average molecular weight is 320 g/mol. The zero-order chi connectivity index (χ0) is 16.3. The van der Waals surface area contributed by atoms with E-state index in [2.05, 4.69) is 10.6 Å². The zero-order valence-corrected chi connectivity index (χ0v) is 13.0. The Balaban J connectivity index is 1.58. The molecule has 0 radical (unpaired) electrons. The number of anilines is 1. The second-order valence-corrected chi connectivity index (χ2v) is 5.71. The van der Waals surface area contributed by atoms with Gasteiger partial charge >= 0.3 is 0 Å². The van der Waals surface area contributed by atoms with Crippen LogP contribution in [0.4, 0.5) is 5.69 Å². The maximum Gasteiger partial charge on any atom is 0.240 e. The number of nitrogens with one attached hydrogen (secondary N) is 2. The van der Waals surface area contributed by atoms with Gasteiger partial charge in [0.25, 0.3) is 0 Å². The lowest BCUT2D eigenvalue weighted by molar-refractivity contribution is -0.134.